The van der Waals surface area contributed by atoms with E-state index >= 15 is 0 Å². The van der Waals surface area contributed by atoms with E-state index < -0.39 is 6.10 Å². The molecule has 4 heteroatoms. The number of fused-ring (bicyclic) bond motifs is 2. The summed E-state index contributed by atoms with van der Waals surface area (Å²) >= 11 is 0. The summed E-state index contributed by atoms with van der Waals surface area (Å²) in [4.78, 5) is 12.6. The minimum Gasteiger partial charge on any atom is -0.481 e. The Kier molecular flexibility index (Phi) is 5.14. The number of hydrogen-bond acceptors (Lipinski definition) is 3. The highest BCUT2D eigenvalue weighted by Gasteiger charge is 2.34. The van der Waals surface area contributed by atoms with Crippen molar-refractivity contribution in [2.45, 2.75) is 83.5 Å². The first-order chi connectivity index (χ1) is 11.4. The number of hydrogen-bond donors (Lipinski definition) is 2. The molecule has 2 aliphatic rings. The van der Waals surface area contributed by atoms with Crippen molar-refractivity contribution in [1.82, 2.24) is 10.6 Å². The highest BCUT2D eigenvalue weighted by atomic mass is 16.5. The highest BCUT2D eigenvalue weighted by molar-refractivity contribution is 5.81. The van der Waals surface area contributed by atoms with E-state index in [0.29, 0.717) is 18.0 Å². The van der Waals surface area contributed by atoms with Crippen molar-refractivity contribution in [2.24, 2.45) is 0 Å². The molecule has 0 aromatic heterocycles. The maximum Gasteiger partial charge on any atom is 0.260 e. The lowest BCUT2D eigenvalue weighted by Crippen LogP contribution is -2.50. The van der Waals surface area contributed by atoms with Gasteiger partial charge in [-0.2, -0.15) is 0 Å². The molecule has 3 unspecified atom stereocenters. The van der Waals surface area contributed by atoms with Crippen molar-refractivity contribution in [1.29, 1.82) is 0 Å². The van der Waals surface area contributed by atoms with E-state index in [4.69, 9.17) is 4.74 Å². The van der Waals surface area contributed by atoms with E-state index in [9.17, 15) is 4.79 Å². The summed E-state index contributed by atoms with van der Waals surface area (Å²) in [6, 6.07) is 7.67. The van der Waals surface area contributed by atoms with Crippen LogP contribution in [0.5, 0.6) is 5.75 Å². The molecular weight excluding hydrogens is 300 g/mol. The third-order valence-corrected chi connectivity index (χ3v) is 5.28. The first-order valence-corrected chi connectivity index (χ1v) is 9.26. The van der Waals surface area contributed by atoms with Crippen molar-refractivity contribution >= 4 is 5.91 Å². The maximum absolute atomic E-state index is 12.6. The van der Waals surface area contributed by atoms with Crippen molar-refractivity contribution in [3.63, 3.8) is 0 Å². The molecule has 3 atom stereocenters. The molecule has 3 rings (SSSR count). The standard InChI is InChI=1S/C20H30N2O2/c1-12(2)18-8-5-13(3)9-19(18)24-14(4)20(23)22-17-10-15-6-7-16(11-17)21-15/h5,8-9,12,14-17,21H,6-7,10-11H2,1-4H3,(H,22,23). The van der Waals surface area contributed by atoms with Gasteiger partial charge >= 0.3 is 0 Å². The second-order valence-electron chi connectivity index (χ2n) is 7.77. The lowest BCUT2D eigenvalue weighted by atomic mass is 9.99. The molecule has 2 heterocycles. The molecule has 2 saturated heterocycles. The van der Waals surface area contributed by atoms with Crippen molar-refractivity contribution in [3.05, 3.63) is 29.3 Å². The second kappa shape index (κ2) is 7.14. The van der Waals surface area contributed by atoms with E-state index in [0.717, 1.165) is 29.7 Å². The smallest absolute Gasteiger partial charge is 0.260 e. The number of carbonyl (C=O) groups is 1. The Morgan fingerprint density at radius 3 is 2.50 bits per heavy atom. The summed E-state index contributed by atoms with van der Waals surface area (Å²) in [7, 11) is 0. The third kappa shape index (κ3) is 3.92. The Bertz CT molecular complexity index is 587. The Morgan fingerprint density at radius 2 is 1.88 bits per heavy atom. The first-order valence-electron chi connectivity index (χ1n) is 9.26. The molecule has 2 bridgehead atoms. The molecule has 1 aromatic carbocycles. The summed E-state index contributed by atoms with van der Waals surface area (Å²) in [5.74, 6) is 1.20. The van der Waals surface area contributed by atoms with Crippen LogP contribution in [0.2, 0.25) is 0 Å². The van der Waals surface area contributed by atoms with Gasteiger partial charge in [-0.1, -0.05) is 26.0 Å². The van der Waals surface area contributed by atoms with Crippen LogP contribution in [0.15, 0.2) is 18.2 Å². The average molecular weight is 330 g/mol. The molecule has 0 spiro atoms. The Hall–Kier alpha value is -1.55. The van der Waals surface area contributed by atoms with Gasteiger partial charge in [-0.05, 0) is 62.6 Å². The molecule has 2 aliphatic heterocycles. The van der Waals surface area contributed by atoms with E-state index in [1.54, 1.807) is 0 Å². The van der Waals surface area contributed by atoms with Crippen LogP contribution in [-0.4, -0.2) is 30.1 Å². The van der Waals surface area contributed by atoms with E-state index in [2.05, 4.69) is 36.6 Å². The molecule has 4 nitrogen and oxygen atoms in total. The minimum atomic E-state index is -0.475. The van der Waals surface area contributed by atoms with Crippen LogP contribution in [0.25, 0.3) is 0 Å². The summed E-state index contributed by atoms with van der Waals surface area (Å²) in [6.07, 6.45) is 4.08. The van der Waals surface area contributed by atoms with Crippen molar-refractivity contribution in [2.75, 3.05) is 0 Å². The van der Waals surface area contributed by atoms with Gasteiger partial charge in [0.05, 0.1) is 0 Å². The van der Waals surface area contributed by atoms with Gasteiger partial charge in [-0.3, -0.25) is 4.79 Å². The van der Waals surface area contributed by atoms with Crippen LogP contribution in [0, 0.1) is 6.92 Å². The maximum atomic E-state index is 12.6. The fraction of sp³-hybridized carbons (Fsp3) is 0.650. The van der Waals surface area contributed by atoms with E-state index in [1.807, 2.05) is 19.9 Å². The van der Waals surface area contributed by atoms with Crippen molar-refractivity contribution in [3.8, 4) is 5.75 Å². The van der Waals surface area contributed by atoms with Gasteiger partial charge in [-0.25, -0.2) is 0 Å². The van der Waals surface area contributed by atoms with Gasteiger partial charge in [0.15, 0.2) is 6.10 Å². The molecule has 1 aromatic rings. The number of nitrogens with one attached hydrogen (secondary N) is 2. The Labute approximate surface area is 145 Å². The molecule has 2 fully saturated rings. The summed E-state index contributed by atoms with van der Waals surface area (Å²) < 4.78 is 6.03. The number of benzene rings is 1. The molecule has 0 aliphatic carbocycles. The van der Waals surface area contributed by atoms with Crippen LogP contribution in [-0.2, 0) is 4.79 Å². The molecule has 0 saturated carbocycles. The van der Waals surface area contributed by atoms with Crippen LogP contribution in [0.3, 0.4) is 0 Å². The largest absolute Gasteiger partial charge is 0.481 e. The summed E-state index contributed by atoms with van der Waals surface area (Å²) in [5, 5.41) is 6.81. The number of ether oxygens (including phenoxy) is 1. The van der Waals surface area contributed by atoms with Crippen LogP contribution in [0.4, 0.5) is 0 Å². The molecule has 2 N–H and O–H groups in total. The predicted octanol–water partition coefficient (Wildman–Crippen LogP) is 3.28. The van der Waals surface area contributed by atoms with Gasteiger partial charge in [-0.15, -0.1) is 0 Å². The van der Waals surface area contributed by atoms with Crippen LogP contribution >= 0.6 is 0 Å². The Balaban J connectivity index is 1.61. The van der Waals surface area contributed by atoms with E-state index in [-0.39, 0.29) is 11.9 Å². The zero-order valence-corrected chi connectivity index (χ0v) is 15.3. The third-order valence-electron chi connectivity index (χ3n) is 5.28. The second-order valence-corrected chi connectivity index (χ2v) is 7.77. The lowest BCUT2D eigenvalue weighted by molar-refractivity contribution is -0.128. The SMILES string of the molecule is Cc1ccc(C(C)C)c(OC(C)C(=O)NC2CC3CCC(C2)N3)c1. The van der Waals surface area contributed by atoms with Crippen LogP contribution < -0.4 is 15.4 Å². The molecule has 132 valence electrons. The van der Waals surface area contributed by atoms with Gasteiger partial charge < -0.3 is 15.4 Å². The minimum absolute atomic E-state index is 0.00230. The summed E-state index contributed by atoms with van der Waals surface area (Å²) in [5.41, 5.74) is 2.30. The number of amides is 1. The van der Waals surface area contributed by atoms with Gasteiger partial charge in [0.2, 0.25) is 0 Å². The Morgan fingerprint density at radius 1 is 1.21 bits per heavy atom. The topological polar surface area (TPSA) is 50.4 Å². The van der Waals surface area contributed by atoms with Gasteiger partial charge in [0, 0.05) is 18.1 Å². The lowest BCUT2D eigenvalue weighted by Gasteiger charge is -2.30. The first kappa shape index (κ1) is 17.3. The average Bonchev–Trinajstić information content (AvgIpc) is 2.85. The number of aryl methyl sites for hydroxylation is 1. The normalized spacial score (nSPS) is 27.1. The van der Waals surface area contributed by atoms with Gasteiger partial charge in [0.1, 0.15) is 5.75 Å². The van der Waals surface area contributed by atoms with Gasteiger partial charge in [0.25, 0.3) is 5.91 Å². The van der Waals surface area contributed by atoms with Crippen LogP contribution in [0.1, 0.15) is 63.5 Å². The number of piperidine rings is 1. The van der Waals surface area contributed by atoms with E-state index in [1.165, 1.54) is 12.8 Å². The number of rotatable bonds is 5. The fourth-order valence-corrected chi connectivity index (χ4v) is 3.96. The predicted molar refractivity (Wildman–Crippen MR) is 96.5 cm³/mol. The zero-order chi connectivity index (χ0) is 17.3. The molecular formula is C20H30N2O2. The number of carbonyl (C=O) groups excluding carboxylic acids is 1. The quantitative estimate of drug-likeness (QED) is 0.871. The summed E-state index contributed by atoms with van der Waals surface area (Å²) in [6.45, 7) is 8.18. The van der Waals surface area contributed by atoms with Crippen molar-refractivity contribution < 1.29 is 9.53 Å². The molecule has 24 heavy (non-hydrogen) atoms. The molecule has 0 radical (unpaired) electrons. The molecule has 1 amide bonds. The monoisotopic (exact) mass is 330 g/mol. The zero-order valence-electron chi connectivity index (χ0n) is 15.3. The highest BCUT2D eigenvalue weighted by Crippen LogP contribution is 2.29. The fourth-order valence-electron chi connectivity index (χ4n) is 3.96.